The first-order valence-electron chi connectivity index (χ1n) is 5.66. The third-order valence-electron chi connectivity index (χ3n) is 2.65. The second kappa shape index (κ2) is 5.35. The van der Waals surface area contributed by atoms with E-state index in [0.29, 0.717) is 5.75 Å². The number of hydrogen-bond donors (Lipinski definition) is 0. The van der Waals surface area contributed by atoms with Crippen LogP contribution in [0.3, 0.4) is 0 Å². The molecule has 0 heterocycles. The van der Waals surface area contributed by atoms with E-state index in [2.05, 4.69) is 15.9 Å². The molecule has 0 N–H and O–H groups in total. The van der Waals surface area contributed by atoms with Crippen molar-refractivity contribution in [1.82, 2.24) is 0 Å². The number of hydrogen-bond acceptors (Lipinski definition) is 3. The molecule has 19 heavy (non-hydrogen) atoms. The molecule has 0 aliphatic heterocycles. The van der Waals surface area contributed by atoms with Crippen LogP contribution in [-0.2, 0) is 10.1 Å². The van der Waals surface area contributed by atoms with Gasteiger partial charge in [0, 0.05) is 4.47 Å². The predicted octanol–water partition coefficient (Wildman–Crippen LogP) is 3.83. The van der Waals surface area contributed by atoms with Crippen molar-refractivity contribution in [3.63, 3.8) is 0 Å². The minimum atomic E-state index is -3.79. The van der Waals surface area contributed by atoms with Gasteiger partial charge in [-0.15, -0.1) is 0 Å². The number of rotatable bonds is 3. The molecule has 0 atom stereocenters. The monoisotopic (exact) mass is 340 g/mol. The average Bonchev–Trinajstić information content (AvgIpc) is 2.34. The van der Waals surface area contributed by atoms with Gasteiger partial charge in [0.15, 0.2) is 0 Å². The zero-order valence-corrected chi connectivity index (χ0v) is 13.0. The molecule has 0 bridgehead atoms. The van der Waals surface area contributed by atoms with Gasteiger partial charge in [0.2, 0.25) is 0 Å². The van der Waals surface area contributed by atoms with Crippen LogP contribution >= 0.6 is 15.9 Å². The molecule has 0 fully saturated rings. The summed E-state index contributed by atoms with van der Waals surface area (Å²) in [4.78, 5) is 0.136. The lowest BCUT2D eigenvalue weighted by Gasteiger charge is -2.10. The highest BCUT2D eigenvalue weighted by Gasteiger charge is 2.17. The third-order valence-corrected chi connectivity index (χ3v) is 4.42. The molecule has 0 unspecified atom stereocenters. The summed E-state index contributed by atoms with van der Waals surface area (Å²) in [7, 11) is -3.79. The summed E-state index contributed by atoms with van der Waals surface area (Å²) in [6.07, 6.45) is 0. The zero-order chi connectivity index (χ0) is 14.0. The fraction of sp³-hybridized carbons (Fsp3) is 0.143. The van der Waals surface area contributed by atoms with Crippen molar-refractivity contribution in [2.45, 2.75) is 18.7 Å². The molecule has 2 rings (SSSR count). The normalized spacial score (nSPS) is 11.3. The van der Waals surface area contributed by atoms with Crippen molar-refractivity contribution >= 4 is 26.0 Å². The van der Waals surface area contributed by atoms with E-state index in [4.69, 9.17) is 4.18 Å². The van der Waals surface area contributed by atoms with Crippen LogP contribution in [0.2, 0.25) is 0 Å². The molecular formula is C14H13BrO3S. The van der Waals surface area contributed by atoms with Crippen LogP contribution in [0, 0.1) is 13.8 Å². The first-order chi connectivity index (χ1) is 8.88. The minimum Gasteiger partial charge on any atom is -0.379 e. The van der Waals surface area contributed by atoms with Crippen molar-refractivity contribution < 1.29 is 12.6 Å². The van der Waals surface area contributed by atoms with Crippen molar-refractivity contribution in [3.8, 4) is 5.75 Å². The smallest absolute Gasteiger partial charge is 0.339 e. The van der Waals surface area contributed by atoms with Crippen molar-refractivity contribution in [1.29, 1.82) is 0 Å². The quantitative estimate of drug-likeness (QED) is 0.797. The van der Waals surface area contributed by atoms with Gasteiger partial charge in [0.25, 0.3) is 0 Å². The van der Waals surface area contributed by atoms with Crippen molar-refractivity contribution in [2.75, 3.05) is 0 Å². The van der Waals surface area contributed by atoms with E-state index < -0.39 is 10.1 Å². The molecular weight excluding hydrogens is 328 g/mol. The lowest BCUT2D eigenvalue weighted by atomic mass is 10.1. The Hall–Kier alpha value is -1.33. The Bertz CT molecular complexity index is 691. The third kappa shape index (κ3) is 3.36. The summed E-state index contributed by atoms with van der Waals surface area (Å²) < 4.78 is 30.3. The maximum atomic E-state index is 12.1. The zero-order valence-electron chi connectivity index (χ0n) is 10.6. The van der Waals surface area contributed by atoms with Crippen molar-refractivity contribution in [3.05, 3.63) is 58.1 Å². The Morgan fingerprint density at radius 3 is 2.26 bits per heavy atom. The largest absolute Gasteiger partial charge is 0.379 e. The van der Waals surface area contributed by atoms with Crippen LogP contribution in [0.25, 0.3) is 0 Å². The van der Waals surface area contributed by atoms with E-state index in [9.17, 15) is 8.42 Å². The van der Waals surface area contributed by atoms with Crippen LogP contribution in [-0.4, -0.2) is 8.42 Å². The Labute approximate surface area is 121 Å². The maximum Gasteiger partial charge on any atom is 0.339 e. The second-order valence-electron chi connectivity index (χ2n) is 4.26. The first kappa shape index (κ1) is 14.1. The highest BCUT2D eigenvalue weighted by atomic mass is 79.9. The summed E-state index contributed by atoms with van der Waals surface area (Å²) in [6.45, 7) is 3.70. The molecule has 0 radical (unpaired) electrons. The Morgan fingerprint density at radius 2 is 1.63 bits per heavy atom. The van der Waals surface area contributed by atoms with Crippen LogP contribution in [0.4, 0.5) is 0 Å². The molecule has 0 aliphatic carbocycles. The second-order valence-corrected chi connectivity index (χ2v) is 6.72. The Morgan fingerprint density at radius 1 is 1.00 bits per heavy atom. The molecule has 0 spiro atoms. The molecule has 2 aromatic rings. The lowest BCUT2D eigenvalue weighted by molar-refractivity contribution is 0.484. The molecule has 5 heteroatoms. The van der Waals surface area contributed by atoms with Gasteiger partial charge in [-0.1, -0.05) is 28.1 Å². The Kier molecular flexibility index (Phi) is 3.96. The molecule has 2 aromatic carbocycles. The lowest BCUT2D eigenvalue weighted by Crippen LogP contribution is -2.10. The number of halogens is 1. The van der Waals surface area contributed by atoms with E-state index in [-0.39, 0.29) is 4.90 Å². The number of benzene rings is 2. The van der Waals surface area contributed by atoms with Gasteiger partial charge in [0.05, 0.1) is 0 Å². The molecule has 100 valence electrons. The summed E-state index contributed by atoms with van der Waals surface area (Å²) in [5.41, 5.74) is 1.73. The topological polar surface area (TPSA) is 43.4 Å². The summed E-state index contributed by atoms with van der Waals surface area (Å²) in [5, 5.41) is 0. The summed E-state index contributed by atoms with van der Waals surface area (Å²) >= 11 is 3.26. The SMILES string of the molecule is Cc1ccc(C)c(OS(=O)(=O)c2ccc(Br)cc2)c1. The number of aryl methyl sites for hydroxylation is 2. The fourth-order valence-corrected chi connectivity index (χ4v) is 2.81. The van der Waals surface area contributed by atoms with Gasteiger partial charge in [0.1, 0.15) is 10.6 Å². The van der Waals surface area contributed by atoms with Gasteiger partial charge in [-0.25, -0.2) is 0 Å². The molecule has 3 nitrogen and oxygen atoms in total. The molecule has 0 saturated carbocycles. The summed E-state index contributed by atoms with van der Waals surface area (Å²) in [5.74, 6) is 0.364. The van der Waals surface area contributed by atoms with Crippen LogP contribution in [0.15, 0.2) is 51.8 Å². The van der Waals surface area contributed by atoms with Crippen LogP contribution in [0.1, 0.15) is 11.1 Å². The van der Waals surface area contributed by atoms with E-state index in [1.165, 1.54) is 12.1 Å². The highest BCUT2D eigenvalue weighted by molar-refractivity contribution is 9.10. The first-order valence-corrected chi connectivity index (χ1v) is 7.86. The molecule has 0 amide bonds. The highest BCUT2D eigenvalue weighted by Crippen LogP contribution is 2.24. The van der Waals surface area contributed by atoms with Crippen LogP contribution in [0.5, 0.6) is 5.75 Å². The van der Waals surface area contributed by atoms with Gasteiger partial charge in [-0.3, -0.25) is 0 Å². The van der Waals surface area contributed by atoms with Gasteiger partial charge in [-0.05, 0) is 55.3 Å². The minimum absolute atomic E-state index is 0.136. The van der Waals surface area contributed by atoms with Gasteiger partial charge in [-0.2, -0.15) is 8.42 Å². The van der Waals surface area contributed by atoms with E-state index in [1.54, 1.807) is 18.2 Å². The Balaban J connectivity index is 2.36. The maximum absolute atomic E-state index is 12.1. The van der Waals surface area contributed by atoms with Crippen molar-refractivity contribution in [2.24, 2.45) is 0 Å². The molecule has 0 saturated heterocycles. The standard InChI is InChI=1S/C14H13BrO3S/c1-10-3-4-11(2)14(9-10)18-19(16,17)13-7-5-12(15)6-8-13/h3-9H,1-2H3. The van der Waals surface area contributed by atoms with Crippen LogP contribution < -0.4 is 4.18 Å². The van der Waals surface area contributed by atoms with E-state index in [1.807, 2.05) is 26.0 Å². The van der Waals surface area contributed by atoms with Gasteiger partial charge >= 0.3 is 10.1 Å². The fourth-order valence-electron chi connectivity index (χ4n) is 1.56. The molecule has 0 aliphatic rings. The summed E-state index contributed by atoms with van der Waals surface area (Å²) in [6, 6.07) is 11.8. The molecule has 0 aromatic heterocycles. The average molecular weight is 341 g/mol. The van der Waals surface area contributed by atoms with E-state index >= 15 is 0 Å². The van der Waals surface area contributed by atoms with E-state index in [0.717, 1.165) is 15.6 Å². The van der Waals surface area contributed by atoms with Gasteiger partial charge < -0.3 is 4.18 Å². The predicted molar refractivity (Wildman–Crippen MR) is 77.9 cm³/mol.